The third-order valence-corrected chi connectivity index (χ3v) is 4.43. The zero-order valence-electron chi connectivity index (χ0n) is 13.9. The van der Waals surface area contributed by atoms with E-state index in [-0.39, 0.29) is 28.7 Å². The van der Waals surface area contributed by atoms with Gasteiger partial charge in [0.2, 0.25) is 11.8 Å². The van der Waals surface area contributed by atoms with E-state index in [2.05, 4.69) is 10.6 Å². The predicted molar refractivity (Wildman–Crippen MR) is 96.2 cm³/mol. The number of nitrogens with one attached hydrogen (secondary N) is 2. The van der Waals surface area contributed by atoms with Gasteiger partial charge in [-0.15, -0.1) is 0 Å². The van der Waals surface area contributed by atoms with Gasteiger partial charge in [0.05, 0.1) is 16.9 Å². The molecule has 1 aliphatic rings. The molecule has 2 unspecified atom stereocenters. The molecule has 0 aromatic heterocycles. The van der Waals surface area contributed by atoms with Gasteiger partial charge in [-0.3, -0.25) is 9.59 Å². The smallest absolute Gasteiger partial charge is 0.228 e. The number of hydrogen-bond acceptors (Lipinski definition) is 2. The molecule has 6 heteroatoms. The van der Waals surface area contributed by atoms with E-state index in [1.165, 1.54) is 18.2 Å². The number of benzene rings is 2. The number of carbonyl (C=O) groups is 2. The van der Waals surface area contributed by atoms with Gasteiger partial charge in [0.1, 0.15) is 5.82 Å². The van der Waals surface area contributed by atoms with Gasteiger partial charge in [0.15, 0.2) is 0 Å². The van der Waals surface area contributed by atoms with Crippen LogP contribution in [0, 0.1) is 31.5 Å². The van der Waals surface area contributed by atoms with Gasteiger partial charge in [-0.05, 0) is 61.7 Å². The quantitative estimate of drug-likeness (QED) is 0.853. The van der Waals surface area contributed by atoms with Crippen LogP contribution in [-0.2, 0) is 9.59 Å². The van der Waals surface area contributed by atoms with Crippen molar-refractivity contribution in [1.29, 1.82) is 0 Å². The van der Waals surface area contributed by atoms with Crippen molar-refractivity contribution in [3.8, 4) is 0 Å². The predicted octanol–water partition coefficient (Wildman–Crippen LogP) is 4.31. The Morgan fingerprint density at radius 3 is 2.08 bits per heavy atom. The van der Waals surface area contributed by atoms with Crippen molar-refractivity contribution in [2.45, 2.75) is 20.3 Å². The van der Waals surface area contributed by atoms with E-state index in [9.17, 15) is 14.0 Å². The molecule has 0 saturated heterocycles. The van der Waals surface area contributed by atoms with E-state index in [0.29, 0.717) is 12.1 Å². The van der Waals surface area contributed by atoms with E-state index in [1.54, 1.807) is 0 Å². The summed E-state index contributed by atoms with van der Waals surface area (Å²) >= 11 is 5.70. The van der Waals surface area contributed by atoms with Crippen LogP contribution < -0.4 is 10.6 Å². The molecule has 0 spiro atoms. The Morgan fingerprint density at radius 2 is 1.52 bits per heavy atom. The Morgan fingerprint density at radius 1 is 0.960 bits per heavy atom. The second-order valence-electron chi connectivity index (χ2n) is 6.43. The topological polar surface area (TPSA) is 58.2 Å². The maximum absolute atomic E-state index is 13.1. The first-order valence-corrected chi connectivity index (χ1v) is 8.36. The number of hydrogen-bond donors (Lipinski definition) is 2. The summed E-state index contributed by atoms with van der Waals surface area (Å²) in [5.74, 6) is -1.70. The van der Waals surface area contributed by atoms with Crippen molar-refractivity contribution in [1.82, 2.24) is 0 Å². The molecule has 0 bridgehead atoms. The molecule has 25 heavy (non-hydrogen) atoms. The second-order valence-corrected chi connectivity index (χ2v) is 6.84. The molecular weight excluding hydrogens is 343 g/mol. The molecule has 4 nitrogen and oxygen atoms in total. The summed E-state index contributed by atoms with van der Waals surface area (Å²) in [5.41, 5.74) is 3.28. The number of anilines is 2. The third kappa shape index (κ3) is 4.17. The van der Waals surface area contributed by atoms with Crippen LogP contribution in [-0.4, -0.2) is 11.8 Å². The molecule has 2 aromatic carbocycles. The first-order chi connectivity index (χ1) is 11.8. The van der Waals surface area contributed by atoms with Crippen molar-refractivity contribution in [3.05, 3.63) is 58.4 Å². The van der Waals surface area contributed by atoms with Crippen LogP contribution in [0.5, 0.6) is 0 Å². The lowest BCUT2D eigenvalue weighted by Crippen LogP contribution is -2.20. The first-order valence-electron chi connectivity index (χ1n) is 7.98. The largest absolute Gasteiger partial charge is 0.326 e. The van der Waals surface area contributed by atoms with Crippen molar-refractivity contribution in [2.75, 3.05) is 10.6 Å². The maximum Gasteiger partial charge on any atom is 0.228 e. The summed E-state index contributed by atoms with van der Waals surface area (Å²) in [6, 6.07) is 9.78. The second kappa shape index (κ2) is 6.84. The zero-order chi connectivity index (χ0) is 18.1. The van der Waals surface area contributed by atoms with Crippen LogP contribution in [0.1, 0.15) is 17.5 Å². The fourth-order valence-electron chi connectivity index (χ4n) is 2.87. The molecule has 2 N–H and O–H groups in total. The Hall–Kier alpha value is -2.40. The lowest BCUT2D eigenvalue weighted by molar-refractivity contribution is -0.122. The van der Waals surface area contributed by atoms with Crippen LogP contribution in [0.15, 0.2) is 36.4 Å². The monoisotopic (exact) mass is 360 g/mol. The fraction of sp³-hybridized carbons (Fsp3) is 0.263. The van der Waals surface area contributed by atoms with Gasteiger partial charge >= 0.3 is 0 Å². The normalized spacial score (nSPS) is 18.6. The molecule has 0 radical (unpaired) electrons. The van der Waals surface area contributed by atoms with Crippen molar-refractivity contribution < 1.29 is 14.0 Å². The number of rotatable bonds is 4. The summed E-state index contributed by atoms with van der Waals surface area (Å²) < 4.78 is 13.1. The van der Waals surface area contributed by atoms with E-state index >= 15 is 0 Å². The number of amides is 2. The minimum absolute atomic E-state index is 0.0577. The maximum atomic E-state index is 13.1. The summed E-state index contributed by atoms with van der Waals surface area (Å²) in [7, 11) is 0. The minimum atomic E-state index is -0.545. The molecule has 2 amide bonds. The highest BCUT2D eigenvalue weighted by Gasteiger charge is 2.48. The Bertz CT molecular complexity index is 833. The van der Waals surface area contributed by atoms with Crippen molar-refractivity contribution in [3.63, 3.8) is 0 Å². The molecule has 1 saturated carbocycles. The summed E-state index contributed by atoms with van der Waals surface area (Å²) in [6.07, 6.45) is 0.497. The molecule has 0 aliphatic heterocycles. The zero-order valence-corrected chi connectivity index (χ0v) is 14.7. The van der Waals surface area contributed by atoms with Gasteiger partial charge in [-0.1, -0.05) is 17.7 Å². The fourth-order valence-corrected chi connectivity index (χ4v) is 3.05. The number of halogens is 2. The number of carbonyl (C=O) groups excluding carboxylic acids is 2. The molecular formula is C19H18ClFN2O2. The van der Waals surface area contributed by atoms with Crippen molar-refractivity contribution >= 4 is 34.8 Å². The van der Waals surface area contributed by atoms with Crippen molar-refractivity contribution in [2.24, 2.45) is 11.8 Å². The summed E-state index contributed by atoms with van der Waals surface area (Å²) in [6.45, 7) is 3.92. The van der Waals surface area contributed by atoms with E-state index in [1.807, 2.05) is 32.0 Å². The van der Waals surface area contributed by atoms with Crippen LogP contribution in [0.25, 0.3) is 0 Å². The summed E-state index contributed by atoms with van der Waals surface area (Å²) in [4.78, 5) is 24.5. The molecule has 1 aliphatic carbocycles. The Kier molecular flexibility index (Phi) is 4.77. The molecule has 3 rings (SSSR count). The van der Waals surface area contributed by atoms with Gasteiger partial charge in [0.25, 0.3) is 0 Å². The molecule has 2 aromatic rings. The van der Waals surface area contributed by atoms with E-state index in [4.69, 9.17) is 11.6 Å². The Labute approximate surface area is 150 Å². The molecule has 130 valence electrons. The highest BCUT2D eigenvalue weighted by molar-refractivity contribution is 6.31. The Balaban J connectivity index is 1.58. The SMILES string of the molecule is Cc1cc(C)cc(NC(=O)C2CC2C(=O)Nc2ccc(F)c(Cl)c2)c1. The lowest BCUT2D eigenvalue weighted by Gasteiger charge is -2.08. The van der Waals surface area contributed by atoms with E-state index in [0.717, 1.165) is 16.8 Å². The standard InChI is InChI=1S/C19H18ClFN2O2/c1-10-5-11(2)7-13(6-10)23-19(25)15-9-14(15)18(24)22-12-3-4-17(21)16(20)8-12/h3-8,14-15H,9H2,1-2H3,(H,22,24)(H,23,25). The number of aryl methyl sites for hydroxylation is 2. The van der Waals surface area contributed by atoms with Gasteiger partial charge in [-0.25, -0.2) is 4.39 Å². The van der Waals surface area contributed by atoms with Crippen LogP contribution in [0.3, 0.4) is 0 Å². The van der Waals surface area contributed by atoms with Crippen LogP contribution in [0.4, 0.5) is 15.8 Å². The van der Waals surface area contributed by atoms with Crippen LogP contribution >= 0.6 is 11.6 Å². The van der Waals surface area contributed by atoms with E-state index < -0.39 is 5.82 Å². The highest BCUT2D eigenvalue weighted by Crippen LogP contribution is 2.40. The highest BCUT2D eigenvalue weighted by atomic mass is 35.5. The third-order valence-electron chi connectivity index (χ3n) is 4.14. The molecule has 0 heterocycles. The van der Waals surface area contributed by atoms with Gasteiger partial charge in [0, 0.05) is 11.4 Å². The lowest BCUT2D eigenvalue weighted by atomic mass is 10.1. The van der Waals surface area contributed by atoms with Gasteiger partial charge < -0.3 is 10.6 Å². The molecule has 2 atom stereocenters. The molecule has 1 fully saturated rings. The first kappa shape index (κ1) is 17.4. The summed E-state index contributed by atoms with van der Waals surface area (Å²) in [5, 5.41) is 5.47. The average Bonchev–Trinajstić information content (AvgIpc) is 3.30. The van der Waals surface area contributed by atoms with Gasteiger partial charge in [-0.2, -0.15) is 0 Å². The minimum Gasteiger partial charge on any atom is -0.326 e. The van der Waals surface area contributed by atoms with Crippen LogP contribution in [0.2, 0.25) is 5.02 Å². The average molecular weight is 361 g/mol.